The minimum Gasteiger partial charge on any atom is -0.508 e. The lowest BCUT2D eigenvalue weighted by molar-refractivity contribution is -0.618. The molecule has 3 rings (SSSR count). The third-order valence-electron chi connectivity index (χ3n) is 3.22. The normalized spacial score (nSPS) is 11.2. The van der Waals surface area contributed by atoms with Gasteiger partial charge in [0.25, 0.3) is 0 Å². The minimum atomic E-state index is 0.204. The molecule has 0 radical (unpaired) electrons. The lowest BCUT2D eigenvalue weighted by Gasteiger charge is -2.04. The van der Waals surface area contributed by atoms with Crippen LogP contribution in [0.3, 0.4) is 0 Å². The summed E-state index contributed by atoms with van der Waals surface area (Å²) in [4.78, 5) is 4.54. The van der Waals surface area contributed by atoms with Gasteiger partial charge in [0, 0.05) is 0 Å². The summed E-state index contributed by atoms with van der Waals surface area (Å²) < 4.78 is 1.91. The Morgan fingerprint density at radius 2 is 1.72 bits per heavy atom. The molecule has 1 aromatic heterocycles. The summed E-state index contributed by atoms with van der Waals surface area (Å²) in [5, 5.41) is 19.3. The second-order valence-electron chi connectivity index (χ2n) is 4.47. The molecule has 90 valence electrons. The predicted octanol–water partition coefficient (Wildman–Crippen LogP) is 1.93. The van der Waals surface area contributed by atoms with E-state index < -0.39 is 0 Å². The first kappa shape index (κ1) is 10.8. The fourth-order valence-corrected chi connectivity index (χ4v) is 2.16. The van der Waals surface area contributed by atoms with E-state index >= 15 is 0 Å². The lowest BCUT2D eigenvalue weighted by atomic mass is 10.1. The highest BCUT2D eigenvalue weighted by atomic mass is 16.3. The molecular formula is C14H13N2O2+. The van der Waals surface area contributed by atoms with Crippen LogP contribution in [0.2, 0.25) is 0 Å². The molecule has 0 fully saturated rings. The molecule has 0 amide bonds. The van der Waals surface area contributed by atoms with E-state index in [1.807, 2.05) is 24.6 Å². The zero-order chi connectivity index (χ0) is 12.9. The van der Waals surface area contributed by atoms with Gasteiger partial charge < -0.3 is 10.2 Å². The molecule has 0 aliphatic heterocycles. The molecule has 0 aliphatic rings. The van der Waals surface area contributed by atoms with E-state index in [4.69, 9.17) is 0 Å². The number of phenolic OH excluding ortho intramolecular Hbond substituents is 2. The number of phenols is 2. The van der Waals surface area contributed by atoms with E-state index in [1.165, 1.54) is 0 Å². The Morgan fingerprint density at radius 3 is 2.50 bits per heavy atom. The zero-order valence-electron chi connectivity index (χ0n) is 10.2. The highest BCUT2D eigenvalue weighted by Crippen LogP contribution is 2.23. The molecule has 0 unspecified atom stereocenters. The molecular weight excluding hydrogens is 228 g/mol. The Kier molecular flexibility index (Phi) is 2.13. The molecule has 3 aromatic rings. The van der Waals surface area contributed by atoms with Gasteiger partial charge >= 0.3 is 0 Å². The summed E-state index contributed by atoms with van der Waals surface area (Å²) in [6.07, 6.45) is 0. The van der Waals surface area contributed by atoms with Gasteiger partial charge in [-0.05, 0) is 30.7 Å². The van der Waals surface area contributed by atoms with Crippen molar-refractivity contribution in [2.45, 2.75) is 6.92 Å². The standard InChI is InChI=1S/C14H12N2O2/c1-8-5-11-13(7-14(8)18)16(2)12-6-9(17)3-4-10(12)15-11/h3-7H,1-2H3,(H,17,18)/p+1. The number of hydrogen-bond donors (Lipinski definition) is 2. The SMILES string of the molecule is Cc1cc2nc3ccc(O)cc3[n+](C)c2cc1O. The van der Waals surface area contributed by atoms with E-state index in [-0.39, 0.29) is 11.5 Å². The third-order valence-corrected chi connectivity index (χ3v) is 3.22. The van der Waals surface area contributed by atoms with Crippen molar-refractivity contribution in [3.63, 3.8) is 0 Å². The Hall–Kier alpha value is -2.36. The fourth-order valence-electron chi connectivity index (χ4n) is 2.16. The smallest absolute Gasteiger partial charge is 0.235 e. The number of rotatable bonds is 0. The number of hydrogen-bond acceptors (Lipinski definition) is 3. The van der Waals surface area contributed by atoms with Crippen molar-refractivity contribution in [3.8, 4) is 11.5 Å². The van der Waals surface area contributed by atoms with Crippen LogP contribution in [0, 0.1) is 6.92 Å². The quantitative estimate of drug-likeness (QED) is 0.467. The van der Waals surface area contributed by atoms with Crippen molar-refractivity contribution >= 4 is 22.1 Å². The van der Waals surface area contributed by atoms with Crippen molar-refractivity contribution in [3.05, 3.63) is 35.9 Å². The molecule has 4 nitrogen and oxygen atoms in total. The van der Waals surface area contributed by atoms with Gasteiger partial charge in [0.05, 0.1) is 12.1 Å². The molecule has 0 aliphatic carbocycles. The van der Waals surface area contributed by atoms with Crippen molar-refractivity contribution in [2.24, 2.45) is 7.05 Å². The molecule has 0 saturated carbocycles. The van der Waals surface area contributed by atoms with Crippen LogP contribution >= 0.6 is 0 Å². The van der Waals surface area contributed by atoms with E-state index in [0.717, 1.165) is 27.6 Å². The monoisotopic (exact) mass is 241 g/mol. The zero-order valence-corrected chi connectivity index (χ0v) is 10.2. The van der Waals surface area contributed by atoms with Crippen LogP contribution in [0.5, 0.6) is 11.5 Å². The topological polar surface area (TPSA) is 57.2 Å². The highest BCUT2D eigenvalue weighted by Gasteiger charge is 2.15. The maximum absolute atomic E-state index is 9.78. The van der Waals surface area contributed by atoms with Gasteiger partial charge in [0.2, 0.25) is 11.0 Å². The van der Waals surface area contributed by atoms with Crippen LogP contribution < -0.4 is 4.57 Å². The van der Waals surface area contributed by atoms with Crippen LogP contribution in [0.15, 0.2) is 30.3 Å². The van der Waals surface area contributed by atoms with E-state index in [9.17, 15) is 10.2 Å². The molecule has 0 atom stereocenters. The molecule has 0 bridgehead atoms. The Balaban J connectivity index is 2.52. The number of aryl methyl sites for hydroxylation is 2. The Bertz CT molecular complexity index is 782. The van der Waals surface area contributed by atoms with E-state index in [1.54, 1.807) is 24.3 Å². The van der Waals surface area contributed by atoms with Gasteiger partial charge in [-0.3, -0.25) is 0 Å². The van der Waals surface area contributed by atoms with Crippen LogP contribution in [0.1, 0.15) is 5.56 Å². The fraction of sp³-hybridized carbons (Fsp3) is 0.143. The van der Waals surface area contributed by atoms with E-state index in [0.29, 0.717) is 0 Å². The molecule has 18 heavy (non-hydrogen) atoms. The largest absolute Gasteiger partial charge is 0.508 e. The Morgan fingerprint density at radius 1 is 1.00 bits per heavy atom. The van der Waals surface area contributed by atoms with Crippen LogP contribution in [0.25, 0.3) is 22.1 Å². The summed E-state index contributed by atoms with van der Waals surface area (Å²) >= 11 is 0. The molecule has 0 spiro atoms. The van der Waals surface area contributed by atoms with Gasteiger partial charge in [-0.1, -0.05) is 0 Å². The first-order valence-electron chi connectivity index (χ1n) is 5.68. The number of benzene rings is 2. The summed E-state index contributed by atoms with van der Waals surface area (Å²) in [6.45, 7) is 1.84. The third kappa shape index (κ3) is 1.46. The van der Waals surface area contributed by atoms with Gasteiger partial charge in [-0.25, -0.2) is 4.98 Å². The molecule has 4 heteroatoms. The van der Waals surface area contributed by atoms with Crippen molar-refractivity contribution in [2.75, 3.05) is 0 Å². The minimum absolute atomic E-state index is 0.204. The molecule has 2 aromatic carbocycles. The van der Waals surface area contributed by atoms with Crippen LogP contribution in [-0.4, -0.2) is 15.2 Å². The average Bonchev–Trinajstić information content (AvgIpc) is 2.33. The summed E-state index contributed by atoms with van der Waals surface area (Å²) in [5.74, 6) is 0.454. The number of aromatic nitrogens is 2. The van der Waals surface area contributed by atoms with Crippen LogP contribution in [-0.2, 0) is 7.05 Å². The maximum Gasteiger partial charge on any atom is 0.235 e. The average molecular weight is 241 g/mol. The predicted molar refractivity (Wildman–Crippen MR) is 68.5 cm³/mol. The van der Waals surface area contributed by atoms with Gasteiger partial charge in [-0.15, -0.1) is 0 Å². The second-order valence-corrected chi connectivity index (χ2v) is 4.47. The van der Waals surface area contributed by atoms with Crippen molar-refractivity contribution in [1.82, 2.24) is 4.98 Å². The second kappa shape index (κ2) is 3.57. The highest BCUT2D eigenvalue weighted by molar-refractivity contribution is 5.83. The van der Waals surface area contributed by atoms with E-state index in [2.05, 4.69) is 4.98 Å². The maximum atomic E-state index is 9.78. The van der Waals surface area contributed by atoms with Crippen molar-refractivity contribution < 1.29 is 14.8 Å². The van der Waals surface area contributed by atoms with Gasteiger partial charge in [0.15, 0.2) is 0 Å². The summed E-state index contributed by atoms with van der Waals surface area (Å²) in [7, 11) is 1.89. The number of fused-ring (bicyclic) bond motifs is 2. The Labute approximate surface area is 104 Å². The molecule has 1 heterocycles. The molecule has 2 N–H and O–H groups in total. The lowest BCUT2D eigenvalue weighted by Crippen LogP contribution is -2.30. The van der Waals surface area contributed by atoms with Gasteiger partial charge in [-0.2, -0.15) is 4.57 Å². The first-order chi connectivity index (χ1) is 8.56. The first-order valence-corrected chi connectivity index (χ1v) is 5.68. The molecule has 0 saturated heterocycles. The van der Waals surface area contributed by atoms with Crippen LogP contribution in [0.4, 0.5) is 0 Å². The summed E-state index contributed by atoms with van der Waals surface area (Å²) in [5.41, 5.74) is 4.09. The number of nitrogens with zero attached hydrogens (tertiary/aromatic N) is 2. The van der Waals surface area contributed by atoms with Gasteiger partial charge in [0.1, 0.15) is 29.6 Å². The summed E-state index contributed by atoms with van der Waals surface area (Å²) in [6, 6.07) is 8.62. The van der Waals surface area contributed by atoms with Crippen molar-refractivity contribution in [1.29, 1.82) is 0 Å². The number of aromatic hydroxyl groups is 2.